The predicted octanol–water partition coefficient (Wildman–Crippen LogP) is 2.75. The van der Waals surface area contributed by atoms with Gasteiger partial charge in [-0.15, -0.1) is 11.3 Å². The lowest BCUT2D eigenvalue weighted by molar-refractivity contribution is 0.101. The van der Waals surface area contributed by atoms with Crippen LogP contribution in [0.4, 0.5) is 0 Å². The van der Waals surface area contributed by atoms with Crippen LogP contribution in [0, 0.1) is 0 Å². The van der Waals surface area contributed by atoms with Gasteiger partial charge in [0.25, 0.3) is 5.91 Å². The Hall–Kier alpha value is -0.350. The van der Waals surface area contributed by atoms with E-state index in [1.54, 1.807) is 11.4 Å². The van der Waals surface area contributed by atoms with Gasteiger partial charge in [-0.3, -0.25) is 4.79 Å². The van der Waals surface area contributed by atoms with Crippen molar-refractivity contribution in [1.82, 2.24) is 0 Å². The van der Waals surface area contributed by atoms with Crippen molar-refractivity contribution >= 4 is 50.6 Å². The van der Waals surface area contributed by atoms with E-state index in [2.05, 4.69) is 33.1 Å². The largest absolute Gasteiger partial charge is 0.297 e. The van der Waals surface area contributed by atoms with Crippen LogP contribution < -0.4 is 0 Å². The van der Waals surface area contributed by atoms with Crippen LogP contribution in [-0.4, -0.2) is 11.1 Å². The molecule has 0 atom stereocenters. The van der Waals surface area contributed by atoms with Gasteiger partial charge in [-0.2, -0.15) is 4.99 Å². The van der Waals surface area contributed by atoms with Crippen LogP contribution in [0.1, 0.15) is 9.67 Å². The highest BCUT2D eigenvalue weighted by Crippen LogP contribution is 2.22. The molecule has 1 aromatic rings. The highest BCUT2D eigenvalue weighted by Gasteiger charge is 2.08. The summed E-state index contributed by atoms with van der Waals surface area (Å²) in [6.07, 6.45) is 0. The molecular formula is C6H2BrNOS2. The second-order valence-electron chi connectivity index (χ2n) is 1.61. The lowest BCUT2D eigenvalue weighted by Gasteiger charge is -1.85. The van der Waals surface area contributed by atoms with Gasteiger partial charge in [0.05, 0.1) is 5.16 Å². The third kappa shape index (κ3) is 2.04. The van der Waals surface area contributed by atoms with Crippen LogP contribution in [0.2, 0.25) is 0 Å². The number of rotatable bonds is 1. The Morgan fingerprint density at radius 2 is 2.55 bits per heavy atom. The van der Waals surface area contributed by atoms with Gasteiger partial charge in [0, 0.05) is 4.47 Å². The number of thiophene rings is 1. The first-order chi connectivity index (χ1) is 5.25. The van der Waals surface area contributed by atoms with Gasteiger partial charge in [0.15, 0.2) is 0 Å². The first kappa shape index (κ1) is 8.74. The zero-order valence-electron chi connectivity index (χ0n) is 5.20. The number of isothiocyanates is 1. The zero-order chi connectivity index (χ0) is 8.27. The first-order valence-electron chi connectivity index (χ1n) is 2.61. The molecule has 56 valence electrons. The molecule has 11 heavy (non-hydrogen) atoms. The molecule has 0 aliphatic heterocycles. The summed E-state index contributed by atoms with van der Waals surface area (Å²) >= 11 is 8.82. The fourth-order valence-electron chi connectivity index (χ4n) is 0.539. The number of aliphatic imine (C=N–C) groups is 1. The molecule has 1 rings (SSSR count). The van der Waals surface area contributed by atoms with Crippen LogP contribution in [-0.2, 0) is 0 Å². The molecule has 5 heteroatoms. The SMILES string of the molecule is O=C(N=C=S)c1sccc1Br. The Kier molecular flexibility index (Phi) is 3.08. The van der Waals surface area contributed by atoms with Crippen molar-refractivity contribution in [2.24, 2.45) is 4.99 Å². The Morgan fingerprint density at radius 1 is 1.82 bits per heavy atom. The average Bonchev–Trinajstić information content (AvgIpc) is 2.36. The van der Waals surface area contributed by atoms with Gasteiger partial charge in [-0.05, 0) is 39.6 Å². The van der Waals surface area contributed by atoms with E-state index < -0.39 is 0 Å². The number of carbonyl (C=O) groups is 1. The van der Waals surface area contributed by atoms with E-state index >= 15 is 0 Å². The number of nitrogens with zero attached hydrogens (tertiary/aromatic N) is 1. The smallest absolute Gasteiger partial charge is 0.265 e. The van der Waals surface area contributed by atoms with E-state index in [1.807, 2.05) is 5.16 Å². The Morgan fingerprint density at radius 3 is 3.00 bits per heavy atom. The molecule has 1 amide bonds. The summed E-state index contributed by atoms with van der Waals surface area (Å²) in [5, 5.41) is 3.83. The third-order valence-electron chi connectivity index (χ3n) is 0.959. The minimum absolute atomic E-state index is 0.345. The van der Waals surface area contributed by atoms with Gasteiger partial charge in [-0.25, -0.2) is 0 Å². The van der Waals surface area contributed by atoms with Gasteiger partial charge < -0.3 is 0 Å². The van der Waals surface area contributed by atoms with E-state index in [-0.39, 0.29) is 5.91 Å². The van der Waals surface area contributed by atoms with Gasteiger partial charge >= 0.3 is 0 Å². The Balaban J connectivity index is 3.02. The molecule has 0 saturated heterocycles. The molecule has 0 fully saturated rings. The molecule has 0 N–H and O–H groups in total. The lowest BCUT2D eigenvalue weighted by Crippen LogP contribution is -1.89. The van der Waals surface area contributed by atoms with Crippen LogP contribution in [0.5, 0.6) is 0 Å². The van der Waals surface area contributed by atoms with Crippen molar-refractivity contribution in [2.75, 3.05) is 0 Å². The molecule has 0 unspecified atom stereocenters. The maximum atomic E-state index is 11.0. The summed E-state index contributed by atoms with van der Waals surface area (Å²) in [6, 6.07) is 1.79. The molecule has 0 aliphatic carbocycles. The summed E-state index contributed by atoms with van der Waals surface area (Å²) < 4.78 is 0.751. The average molecular weight is 248 g/mol. The van der Waals surface area contributed by atoms with Crippen LogP contribution in [0.15, 0.2) is 20.9 Å². The van der Waals surface area contributed by atoms with Crippen molar-refractivity contribution in [3.63, 3.8) is 0 Å². The second kappa shape index (κ2) is 3.88. The number of halogens is 1. The summed E-state index contributed by atoms with van der Waals surface area (Å²) in [5.74, 6) is -0.345. The van der Waals surface area contributed by atoms with Crippen molar-refractivity contribution in [3.8, 4) is 0 Å². The van der Waals surface area contributed by atoms with Crippen molar-refractivity contribution in [2.45, 2.75) is 0 Å². The van der Waals surface area contributed by atoms with Crippen molar-refractivity contribution in [3.05, 3.63) is 20.8 Å². The number of hydrogen-bond donors (Lipinski definition) is 0. The Bertz CT molecular complexity index is 327. The van der Waals surface area contributed by atoms with E-state index in [1.165, 1.54) is 11.3 Å². The zero-order valence-corrected chi connectivity index (χ0v) is 8.42. The molecule has 0 spiro atoms. The van der Waals surface area contributed by atoms with E-state index in [9.17, 15) is 4.79 Å². The highest BCUT2D eigenvalue weighted by atomic mass is 79.9. The van der Waals surface area contributed by atoms with Gasteiger partial charge in [-0.1, -0.05) is 0 Å². The minimum Gasteiger partial charge on any atom is -0.265 e. The molecule has 1 heterocycles. The first-order valence-corrected chi connectivity index (χ1v) is 4.69. The Labute approximate surface area is 81.1 Å². The predicted molar refractivity (Wildman–Crippen MR) is 51.4 cm³/mol. The van der Waals surface area contributed by atoms with E-state index in [0.717, 1.165) is 4.47 Å². The molecule has 2 nitrogen and oxygen atoms in total. The summed E-state index contributed by atoms with van der Waals surface area (Å²) in [4.78, 5) is 14.9. The monoisotopic (exact) mass is 247 g/mol. The van der Waals surface area contributed by atoms with Gasteiger partial charge in [0.2, 0.25) is 0 Å². The lowest BCUT2D eigenvalue weighted by atomic mass is 10.4. The number of carbonyl (C=O) groups excluding carboxylic acids is 1. The van der Waals surface area contributed by atoms with Gasteiger partial charge in [0.1, 0.15) is 4.88 Å². The second-order valence-corrected chi connectivity index (χ2v) is 3.56. The molecule has 0 saturated carbocycles. The fraction of sp³-hybridized carbons (Fsp3) is 0. The molecular weight excluding hydrogens is 246 g/mol. The van der Waals surface area contributed by atoms with Crippen LogP contribution in [0.25, 0.3) is 0 Å². The van der Waals surface area contributed by atoms with Crippen LogP contribution >= 0.6 is 39.5 Å². The minimum atomic E-state index is -0.345. The third-order valence-corrected chi connectivity index (χ3v) is 2.88. The number of amides is 1. The fourth-order valence-corrected chi connectivity index (χ4v) is 2.05. The number of hydrogen-bond acceptors (Lipinski definition) is 3. The van der Waals surface area contributed by atoms with Crippen molar-refractivity contribution < 1.29 is 4.79 Å². The normalized spacial score (nSPS) is 8.82. The summed E-state index contributed by atoms with van der Waals surface area (Å²) in [5.41, 5.74) is 0. The standard InChI is InChI=1S/C6H2BrNOS2/c7-4-1-2-11-5(4)6(9)8-3-10/h1-2H. The van der Waals surface area contributed by atoms with Crippen LogP contribution in [0.3, 0.4) is 0 Å². The molecule has 0 bridgehead atoms. The molecule has 0 aliphatic rings. The van der Waals surface area contributed by atoms with E-state index in [0.29, 0.717) is 4.88 Å². The number of thiocarbonyl (C=S) groups is 1. The summed E-state index contributed by atoms with van der Waals surface area (Å²) in [6.45, 7) is 0. The highest BCUT2D eigenvalue weighted by molar-refractivity contribution is 9.10. The maximum Gasteiger partial charge on any atom is 0.297 e. The molecule has 0 radical (unpaired) electrons. The molecule has 0 aromatic carbocycles. The van der Waals surface area contributed by atoms with Crippen molar-refractivity contribution in [1.29, 1.82) is 0 Å². The maximum absolute atomic E-state index is 11.0. The quantitative estimate of drug-likeness (QED) is 0.565. The molecule has 1 aromatic heterocycles. The van der Waals surface area contributed by atoms with E-state index in [4.69, 9.17) is 0 Å². The summed E-state index contributed by atoms with van der Waals surface area (Å²) in [7, 11) is 0. The topological polar surface area (TPSA) is 29.4 Å².